The molecule has 1 heterocycles. The van der Waals surface area contributed by atoms with Crippen LogP contribution in [-0.2, 0) is 4.74 Å². The maximum Gasteiger partial charge on any atom is 0.249 e. The minimum absolute atomic E-state index is 0.339. The van der Waals surface area contributed by atoms with Crippen molar-refractivity contribution in [1.29, 1.82) is 0 Å². The molecule has 19 heavy (non-hydrogen) atoms. The van der Waals surface area contributed by atoms with E-state index in [1.165, 1.54) is 0 Å². The van der Waals surface area contributed by atoms with E-state index >= 15 is 0 Å². The SMILES string of the molecule is CCC1CC(Nc2cccc(C(N)=O)c2C)CCO1. The van der Waals surface area contributed by atoms with Crippen LogP contribution < -0.4 is 11.1 Å². The summed E-state index contributed by atoms with van der Waals surface area (Å²) in [7, 11) is 0. The molecule has 2 atom stereocenters. The number of nitrogens with one attached hydrogen (secondary N) is 1. The summed E-state index contributed by atoms with van der Waals surface area (Å²) in [6.07, 6.45) is 3.39. The second-order valence-corrected chi connectivity index (χ2v) is 5.11. The third-order valence-electron chi connectivity index (χ3n) is 3.78. The lowest BCUT2D eigenvalue weighted by Gasteiger charge is -2.30. The van der Waals surface area contributed by atoms with Gasteiger partial charge in [0.15, 0.2) is 0 Å². The number of hydrogen-bond donors (Lipinski definition) is 2. The Morgan fingerprint density at radius 3 is 3.00 bits per heavy atom. The number of ether oxygens (including phenoxy) is 1. The number of anilines is 1. The van der Waals surface area contributed by atoms with Crippen molar-refractivity contribution >= 4 is 11.6 Å². The maximum atomic E-state index is 11.3. The molecule has 0 saturated carbocycles. The first kappa shape index (κ1) is 13.9. The third kappa shape index (κ3) is 3.26. The molecule has 0 aliphatic carbocycles. The highest BCUT2D eigenvalue weighted by molar-refractivity contribution is 5.95. The predicted molar refractivity (Wildman–Crippen MR) is 76.4 cm³/mol. The summed E-state index contributed by atoms with van der Waals surface area (Å²) in [4.78, 5) is 11.3. The first-order chi connectivity index (χ1) is 9.11. The number of rotatable bonds is 4. The maximum absolute atomic E-state index is 11.3. The van der Waals surface area contributed by atoms with Gasteiger partial charge in [-0.05, 0) is 43.9 Å². The summed E-state index contributed by atoms with van der Waals surface area (Å²) in [5.41, 5.74) is 7.88. The van der Waals surface area contributed by atoms with E-state index in [0.29, 0.717) is 17.7 Å². The number of primary amides is 1. The Morgan fingerprint density at radius 2 is 2.32 bits per heavy atom. The second kappa shape index (κ2) is 6.06. The van der Waals surface area contributed by atoms with E-state index in [9.17, 15) is 4.79 Å². The highest BCUT2D eigenvalue weighted by atomic mass is 16.5. The van der Waals surface area contributed by atoms with Crippen LogP contribution in [0.3, 0.4) is 0 Å². The molecule has 4 heteroatoms. The first-order valence-corrected chi connectivity index (χ1v) is 6.89. The Morgan fingerprint density at radius 1 is 1.53 bits per heavy atom. The number of amides is 1. The van der Waals surface area contributed by atoms with E-state index in [-0.39, 0.29) is 5.91 Å². The van der Waals surface area contributed by atoms with Gasteiger partial charge in [-0.3, -0.25) is 4.79 Å². The monoisotopic (exact) mass is 262 g/mol. The van der Waals surface area contributed by atoms with Crippen LogP contribution in [0.4, 0.5) is 5.69 Å². The molecule has 4 nitrogen and oxygen atoms in total. The highest BCUT2D eigenvalue weighted by Crippen LogP contribution is 2.24. The number of nitrogens with two attached hydrogens (primary N) is 1. The van der Waals surface area contributed by atoms with Crippen LogP contribution in [0.25, 0.3) is 0 Å². The van der Waals surface area contributed by atoms with E-state index < -0.39 is 0 Å². The fourth-order valence-electron chi connectivity index (χ4n) is 2.57. The Kier molecular flexibility index (Phi) is 4.43. The number of carbonyl (C=O) groups excluding carboxylic acids is 1. The molecule has 3 N–H and O–H groups in total. The second-order valence-electron chi connectivity index (χ2n) is 5.11. The summed E-state index contributed by atoms with van der Waals surface area (Å²) in [5, 5.41) is 3.52. The van der Waals surface area contributed by atoms with Gasteiger partial charge in [0, 0.05) is 23.9 Å². The predicted octanol–water partition coefficient (Wildman–Crippen LogP) is 2.46. The van der Waals surface area contributed by atoms with Crippen LogP contribution in [0.1, 0.15) is 42.1 Å². The van der Waals surface area contributed by atoms with Gasteiger partial charge in [-0.15, -0.1) is 0 Å². The molecule has 104 valence electrons. The van der Waals surface area contributed by atoms with E-state index in [4.69, 9.17) is 10.5 Å². The normalized spacial score (nSPS) is 23.1. The lowest BCUT2D eigenvalue weighted by molar-refractivity contribution is 0.00924. The average Bonchev–Trinajstić information content (AvgIpc) is 2.41. The van der Waals surface area contributed by atoms with Gasteiger partial charge in [-0.2, -0.15) is 0 Å². The molecular formula is C15H22N2O2. The van der Waals surface area contributed by atoms with Crippen LogP contribution in [-0.4, -0.2) is 24.7 Å². The molecule has 0 spiro atoms. The van der Waals surface area contributed by atoms with Crippen LogP contribution in [0.15, 0.2) is 18.2 Å². The summed E-state index contributed by atoms with van der Waals surface area (Å²) in [6.45, 7) is 4.87. The van der Waals surface area contributed by atoms with Gasteiger partial charge in [-0.1, -0.05) is 13.0 Å². The fourth-order valence-corrected chi connectivity index (χ4v) is 2.57. The molecule has 1 aliphatic rings. The molecular weight excluding hydrogens is 240 g/mol. The first-order valence-electron chi connectivity index (χ1n) is 6.89. The molecule has 0 radical (unpaired) electrons. The molecule has 2 unspecified atom stereocenters. The zero-order valence-corrected chi connectivity index (χ0v) is 11.6. The van der Waals surface area contributed by atoms with Gasteiger partial charge < -0.3 is 15.8 Å². The molecule has 1 fully saturated rings. The summed E-state index contributed by atoms with van der Waals surface area (Å²) in [5.74, 6) is -0.375. The van der Waals surface area contributed by atoms with Crippen molar-refractivity contribution in [2.75, 3.05) is 11.9 Å². The minimum Gasteiger partial charge on any atom is -0.382 e. The standard InChI is InChI=1S/C15H22N2O2/c1-3-12-9-11(7-8-19-12)17-14-6-4-5-13(10(14)2)15(16)18/h4-6,11-12,17H,3,7-9H2,1-2H3,(H2,16,18). The van der Waals surface area contributed by atoms with Gasteiger partial charge in [0.2, 0.25) is 5.91 Å². The molecule has 1 amide bonds. The molecule has 0 aromatic heterocycles. The molecule has 1 saturated heterocycles. The van der Waals surface area contributed by atoms with Crippen LogP contribution in [0.5, 0.6) is 0 Å². The van der Waals surface area contributed by atoms with Crippen molar-refractivity contribution in [2.45, 2.75) is 45.3 Å². The van der Waals surface area contributed by atoms with Crippen molar-refractivity contribution in [3.63, 3.8) is 0 Å². The Balaban J connectivity index is 2.10. The zero-order chi connectivity index (χ0) is 13.8. The molecule has 1 aliphatic heterocycles. The lowest BCUT2D eigenvalue weighted by atomic mass is 9.99. The van der Waals surface area contributed by atoms with Crippen molar-refractivity contribution in [1.82, 2.24) is 0 Å². The number of hydrogen-bond acceptors (Lipinski definition) is 3. The van der Waals surface area contributed by atoms with Crippen molar-refractivity contribution in [2.24, 2.45) is 5.73 Å². The summed E-state index contributed by atoms with van der Waals surface area (Å²) < 4.78 is 5.67. The minimum atomic E-state index is -0.375. The van der Waals surface area contributed by atoms with E-state index in [2.05, 4.69) is 12.2 Å². The molecule has 1 aromatic rings. The largest absolute Gasteiger partial charge is 0.382 e. The molecule has 2 rings (SSSR count). The zero-order valence-electron chi connectivity index (χ0n) is 11.6. The fraction of sp³-hybridized carbons (Fsp3) is 0.533. The topological polar surface area (TPSA) is 64.3 Å². The van der Waals surface area contributed by atoms with Gasteiger partial charge in [0.05, 0.1) is 6.10 Å². The quantitative estimate of drug-likeness (QED) is 0.876. The Bertz CT molecular complexity index is 459. The summed E-state index contributed by atoms with van der Waals surface area (Å²) in [6, 6.07) is 6.03. The number of carbonyl (C=O) groups is 1. The third-order valence-corrected chi connectivity index (χ3v) is 3.78. The number of benzene rings is 1. The van der Waals surface area contributed by atoms with E-state index in [1.807, 2.05) is 19.1 Å². The van der Waals surface area contributed by atoms with Gasteiger partial charge in [0.1, 0.15) is 0 Å². The van der Waals surface area contributed by atoms with Crippen LogP contribution >= 0.6 is 0 Å². The van der Waals surface area contributed by atoms with Crippen LogP contribution in [0, 0.1) is 6.92 Å². The molecule has 0 bridgehead atoms. The van der Waals surface area contributed by atoms with Crippen molar-refractivity contribution < 1.29 is 9.53 Å². The lowest BCUT2D eigenvalue weighted by Crippen LogP contribution is -2.34. The molecule has 1 aromatic carbocycles. The highest BCUT2D eigenvalue weighted by Gasteiger charge is 2.21. The Labute approximate surface area is 114 Å². The Hall–Kier alpha value is -1.55. The average molecular weight is 262 g/mol. The summed E-state index contributed by atoms with van der Waals surface area (Å²) >= 11 is 0. The van der Waals surface area contributed by atoms with Crippen molar-refractivity contribution in [3.8, 4) is 0 Å². The van der Waals surface area contributed by atoms with Gasteiger partial charge >= 0.3 is 0 Å². The van der Waals surface area contributed by atoms with Gasteiger partial charge in [0.25, 0.3) is 0 Å². The van der Waals surface area contributed by atoms with E-state index in [0.717, 1.165) is 37.1 Å². The smallest absolute Gasteiger partial charge is 0.249 e. The van der Waals surface area contributed by atoms with Crippen LogP contribution in [0.2, 0.25) is 0 Å². The van der Waals surface area contributed by atoms with Crippen molar-refractivity contribution in [3.05, 3.63) is 29.3 Å². The van der Waals surface area contributed by atoms with E-state index in [1.54, 1.807) is 6.07 Å². The van der Waals surface area contributed by atoms with Gasteiger partial charge in [-0.25, -0.2) is 0 Å².